The lowest BCUT2D eigenvalue weighted by atomic mass is 10.2. The molecule has 1 aliphatic heterocycles. The number of carbonyl (C=O) groups excluding carboxylic acids is 3. The van der Waals surface area contributed by atoms with E-state index in [4.69, 9.17) is 16.3 Å². The second kappa shape index (κ2) is 8.95. The van der Waals surface area contributed by atoms with Crippen molar-refractivity contribution < 1.29 is 19.1 Å². The number of amides is 3. The largest absolute Gasteiger partial charge is 0.497 e. The van der Waals surface area contributed by atoms with Gasteiger partial charge < -0.3 is 10.1 Å². The molecule has 2 aromatic rings. The molecule has 28 heavy (non-hydrogen) atoms. The van der Waals surface area contributed by atoms with Crippen LogP contribution in [0.25, 0.3) is 6.08 Å². The summed E-state index contributed by atoms with van der Waals surface area (Å²) in [4.78, 5) is 38.2. The second-order valence-electron chi connectivity index (χ2n) is 5.87. The smallest absolute Gasteiger partial charge is 0.293 e. The third-order valence-electron chi connectivity index (χ3n) is 4.01. The molecule has 0 unspecified atom stereocenters. The highest BCUT2D eigenvalue weighted by Crippen LogP contribution is 2.32. The predicted molar refractivity (Wildman–Crippen MR) is 109 cm³/mol. The second-order valence-corrected chi connectivity index (χ2v) is 7.30. The fraction of sp³-hybridized carbons (Fsp3) is 0.150. The number of rotatable bonds is 6. The summed E-state index contributed by atoms with van der Waals surface area (Å²) in [6.45, 7) is 0.263. The first kappa shape index (κ1) is 20.0. The molecule has 144 valence electrons. The zero-order chi connectivity index (χ0) is 20.1. The van der Waals surface area contributed by atoms with Crippen LogP contribution in [-0.4, -0.2) is 42.2 Å². The zero-order valence-corrected chi connectivity index (χ0v) is 16.5. The van der Waals surface area contributed by atoms with Crippen molar-refractivity contribution in [1.82, 2.24) is 10.2 Å². The molecule has 0 aromatic heterocycles. The van der Waals surface area contributed by atoms with Crippen LogP contribution in [0, 0.1) is 0 Å². The van der Waals surface area contributed by atoms with Crippen molar-refractivity contribution in [2.45, 2.75) is 0 Å². The van der Waals surface area contributed by atoms with E-state index in [-0.39, 0.29) is 30.1 Å². The van der Waals surface area contributed by atoms with Crippen LogP contribution in [0.15, 0.2) is 53.4 Å². The summed E-state index contributed by atoms with van der Waals surface area (Å²) >= 11 is 6.68. The van der Waals surface area contributed by atoms with Gasteiger partial charge in [0, 0.05) is 23.7 Å². The van der Waals surface area contributed by atoms with Gasteiger partial charge in [-0.2, -0.15) is 0 Å². The van der Waals surface area contributed by atoms with Crippen LogP contribution in [-0.2, 0) is 4.79 Å². The average molecular weight is 417 g/mol. The molecule has 3 amide bonds. The molecule has 0 radical (unpaired) electrons. The Morgan fingerprint density at radius 3 is 2.46 bits per heavy atom. The van der Waals surface area contributed by atoms with Crippen LogP contribution in [0.4, 0.5) is 4.79 Å². The molecule has 1 saturated heterocycles. The molecule has 1 fully saturated rings. The molecule has 0 bridgehead atoms. The Balaban J connectivity index is 1.58. The molecule has 8 heteroatoms. The summed E-state index contributed by atoms with van der Waals surface area (Å²) in [6, 6.07) is 13.6. The maximum atomic E-state index is 12.5. The van der Waals surface area contributed by atoms with Crippen LogP contribution in [0.2, 0.25) is 5.02 Å². The maximum Gasteiger partial charge on any atom is 0.293 e. The van der Waals surface area contributed by atoms with E-state index in [0.29, 0.717) is 21.2 Å². The molecule has 6 nitrogen and oxygen atoms in total. The number of benzene rings is 2. The Morgan fingerprint density at radius 2 is 1.82 bits per heavy atom. The molecule has 0 atom stereocenters. The van der Waals surface area contributed by atoms with Gasteiger partial charge in [0.15, 0.2) is 0 Å². The first-order chi connectivity index (χ1) is 13.5. The highest BCUT2D eigenvalue weighted by Gasteiger charge is 2.34. The molecule has 0 spiro atoms. The van der Waals surface area contributed by atoms with Gasteiger partial charge in [-0.1, -0.05) is 23.7 Å². The van der Waals surface area contributed by atoms with Crippen molar-refractivity contribution in [1.29, 1.82) is 0 Å². The quantitative estimate of drug-likeness (QED) is 0.724. The number of halogens is 1. The predicted octanol–water partition coefficient (Wildman–Crippen LogP) is 3.81. The van der Waals surface area contributed by atoms with Gasteiger partial charge in [-0.05, 0) is 59.8 Å². The number of thioether (sulfide) groups is 1. The molecule has 1 aliphatic rings. The Labute approximate surface area is 171 Å². The molecule has 0 aliphatic carbocycles. The van der Waals surface area contributed by atoms with E-state index in [0.717, 1.165) is 22.2 Å². The summed E-state index contributed by atoms with van der Waals surface area (Å²) in [5.74, 6) is 0.0469. The van der Waals surface area contributed by atoms with E-state index in [1.807, 2.05) is 0 Å². The minimum absolute atomic E-state index is 0.101. The first-order valence-electron chi connectivity index (χ1n) is 8.41. The van der Waals surface area contributed by atoms with Crippen molar-refractivity contribution in [3.05, 3.63) is 69.6 Å². The van der Waals surface area contributed by atoms with E-state index in [1.54, 1.807) is 61.7 Å². The van der Waals surface area contributed by atoms with Crippen molar-refractivity contribution in [2.24, 2.45) is 0 Å². The molecular weight excluding hydrogens is 400 g/mol. The van der Waals surface area contributed by atoms with Crippen molar-refractivity contribution >= 4 is 46.5 Å². The Hall–Kier alpha value is -2.77. The molecule has 0 saturated carbocycles. The van der Waals surface area contributed by atoms with Gasteiger partial charge in [-0.15, -0.1) is 0 Å². The van der Waals surface area contributed by atoms with Crippen molar-refractivity contribution in [2.75, 3.05) is 20.2 Å². The van der Waals surface area contributed by atoms with Crippen LogP contribution in [0.5, 0.6) is 5.75 Å². The third-order valence-corrected chi connectivity index (χ3v) is 5.17. The lowest BCUT2D eigenvalue weighted by Crippen LogP contribution is -2.37. The molecule has 3 rings (SSSR count). The highest BCUT2D eigenvalue weighted by molar-refractivity contribution is 8.18. The van der Waals surface area contributed by atoms with Gasteiger partial charge in [0.25, 0.3) is 17.1 Å². The standard InChI is InChI=1S/C20H17ClN2O4S/c1-27-16-8-2-13(3-9-16)12-17-19(25)23(20(26)28-17)11-10-22-18(24)14-4-6-15(21)7-5-14/h2-9,12H,10-11H2,1H3,(H,22,24)/b17-12-. The lowest BCUT2D eigenvalue weighted by molar-refractivity contribution is -0.122. The summed E-state index contributed by atoms with van der Waals surface area (Å²) < 4.78 is 5.10. The molecule has 1 heterocycles. The number of methoxy groups -OCH3 is 1. The van der Waals surface area contributed by atoms with Gasteiger partial charge >= 0.3 is 0 Å². The number of carbonyl (C=O) groups is 3. The number of imide groups is 1. The van der Waals surface area contributed by atoms with Gasteiger partial charge in [0.1, 0.15) is 5.75 Å². The van der Waals surface area contributed by atoms with Gasteiger partial charge in [0.05, 0.1) is 12.0 Å². The number of hydrogen-bond donors (Lipinski definition) is 1. The van der Waals surface area contributed by atoms with E-state index >= 15 is 0 Å². The number of nitrogens with zero attached hydrogens (tertiary/aromatic N) is 1. The van der Waals surface area contributed by atoms with Crippen molar-refractivity contribution in [3.63, 3.8) is 0 Å². The Bertz CT molecular complexity index is 926. The van der Waals surface area contributed by atoms with Crippen molar-refractivity contribution in [3.8, 4) is 5.75 Å². The van der Waals surface area contributed by atoms with Gasteiger partial charge in [-0.3, -0.25) is 19.3 Å². The highest BCUT2D eigenvalue weighted by atomic mass is 35.5. The summed E-state index contributed by atoms with van der Waals surface area (Å²) in [7, 11) is 1.58. The molecular formula is C20H17ClN2O4S. The minimum Gasteiger partial charge on any atom is -0.497 e. The van der Waals surface area contributed by atoms with Gasteiger partial charge in [-0.25, -0.2) is 0 Å². The Kier molecular flexibility index (Phi) is 6.38. The fourth-order valence-corrected chi connectivity index (χ4v) is 3.52. The van der Waals surface area contributed by atoms with E-state index in [2.05, 4.69) is 5.32 Å². The van der Waals surface area contributed by atoms with Crippen LogP contribution < -0.4 is 10.1 Å². The summed E-state index contributed by atoms with van der Waals surface area (Å²) in [6.07, 6.45) is 1.66. The Morgan fingerprint density at radius 1 is 1.14 bits per heavy atom. The average Bonchev–Trinajstić information content (AvgIpc) is 2.96. The summed E-state index contributed by atoms with van der Waals surface area (Å²) in [5.41, 5.74) is 1.25. The number of nitrogens with one attached hydrogen (secondary N) is 1. The van der Waals surface area contributed by atoms with Crippen LogP contribution in [0.3, 0.4) is 0 Å². The lowest BCUT2D eigenvalue weighted by Gasteiger charge is -2.13. The van der Waals surface area contributed by atoms with Gasteiger partial charge in [0.2, 0.25) is 0 Å². The zero-order valence-electron chi connectivity index (χ0n) is 15.0. The van der Waals surface area contributed by atoms with E-state index in [9.17, 15) is 14.4 Å². The molecule has 1 N–H and O–H groups in total. The van der Waals surface area contributed by atoms with E-state index in [1.165, 1.54) is 0 Å². The maximum absolute atomic E-state index is 12.5. The number of ether oxygens (including phenoxy) is 1. The SMILES string of the molecule is COc1ccc(/C=C2\SC(=O)N(CCNC(=O)c3ccc(Cl)cc3)C2=O)cc1. The number of hydrogen-bond acceptors (Lipinski definition) is 5. The molecule has 2 aromatic carbocycles. The monoisotopic (exact) mass is 416 g/mol. The van der Waals surface area contributed by atoms with Crippen LogP contribution >= 0.6 is 23.4 Å². The fourth-order valence-electron chi connectivity index (χ4n) is 2.53. The third kappa shape index (κ3) is 4.74. The normalized spacial score (nSPS) is 15.2. The first-order valence-corrected chi connectivity index (χ1v) is 9.60. The topological polar surface area (TPSA) is 75.7 Å². The minimum atomic E-state index is -0.369. The van der Waals surface area contributed by atoms with E-state index < -0.39 is 0 Å². The van der Waals surface area contributed by atoms with Crippen LogP contribution in [0.1, 0.15) is 15.9 Å². The summed E-state index contributed by atoms with van der Waals surface area (Å²) in [5, 5.41) is 2.88.